The van der Waals surface area contributed by atoms with E-state index in [0.29, 0.717) is 12.0 Å². The van der Waals surface area contributed by atoms with Crippen LogP contribution in [0, 0.1) is 5.82 Å². The molecule has 4 heteroatoms. The van der Waals surface area contributed by atoms with Crippen LogP contribution in [0.5, 0.6) is 0 Å². The molecule has 0 bridgehead atoms. The fourth-order valence-corrected chi connectivity index (χ4v) is 2.44. The maximum Gasteiger partial charge on any atom is 0.146 e. The van der Waals surface area contributed by atoms with E-state index in [1.54, 1.807) is 23.5 Å². The van der Waals surface area contributed by atoms with Gasteiger partial charge in [0, 0.05) is 11.6 Å². The van der Waals surface area contributed by atoms with Crippen molar-refractivity contribution in [1.82, 2.24) is 0 Å². The molecule has 0 aliphatic carbocycles. The molecule has 2 N–H and O–H groups in total. The molecule has 1 atom stereocenters. The summed E-state index contributed by atoms with van der Waals surface area (Å²) in [5.74, 6) is -0.410. The minimum Gasteiger partial charge on any atom is -0.324 e. The van der Waals surface area contributed by atoms with Gasteiger partial charge in [0.25, 0.3) is 0 Å². The first-order valence-corrected chi connectivity index (χ1v) is 6.21. The van der Waals surface area contributed by atoms with Crippen molar-refractivity contribution in [2.45, 2.75) is 12.5 Å². The van der Waals surface area contributed by atoms with E-state index >= 15 is 0 Å². The van der Waals surface area contributed by atoms with Gasteiger partial charge in [0.15, 0.2) is 0 Å². The highest BCUT2D eigenvalue weighted by Gasteiger charge is 2.14. The molecule has 0 saturated heterocycles. The lowest BCUT2D eigenvalue weighted by Gasteiger charge is -2.12. The second kappa shape index (κ2) is 4.95. The van der Waals surface area contributed by atoms with Crippen LogP contribution in [0.4, 0.5) is 4.39 Å². The van der Waals surface area contributed by atoms with E-state index < -0.39 is 5.82 Å². The van der Waals surface area contributed by atoms with Crippen molar-refractivity contribution in [1.29, 1.82) is 0 Å². The second-order valence-corrected chi connectivity index (χ2v) is 4.77. The fourth-order valence-electron chi connectivity index (χ4n) is 1.58. The number of thiophene rings is 1. The molecule has 0 aliphatic heterocycles. The minimum atomic E-state index is -0.410. The van der Waals surface area contributed by atoms with E-state index in [4.69, 9.17) is 17.3 Å². The van der Waals surface area contributed by atoms with Gasteiger partial charge in [-0.25, -0.2) is 4.39 Å². The van der Waals surface area contributed by atoms with Crippen molar-refractivity contribution < 1.29 is 4.39 Å². The summed E-state index contributed by atoms with van der Waals surface area (Å²) in [6.45, 7) is 0. The quantitative estimate of drug-likeness (QED) is 0.887. The largest absolute Gasteiger partial charge is 0.324 e. The van der Waals surface area contributed by atoms with Crippen LogP contribution in [0.3, 0.4) is 0 Å². The first kappa shape index (κ1) is 11.6. The molecule has 1 aromatic carbocycles. The maximum atomic E-state index is 13.7. The standard InChI is InChI=1S/C12H11ClFNS/c13-10-3-1-2-9(12(10)14)11(15)6-8-4-5-16-7-8/h1-5,7,11H,6,15H2. The van der Waals surface area contributed by atoms with E-state index in [1.165, 1.54) is 6.07 Å². The fraction of sp³-hybridized carbons (Fsp3) is 0.167. The van der Waals surface area contributed by atoms with Gasteiger partial charge in [0.05, 0.1) is 5.02 Å². The Morgan fingerprint density at radius 3 is 2.88 bits per heavy atom. The molecule has 1 heterocycles. The highest BCUT2D eigenvalue weighted by Crippen LogP contribution is 2.24. The maximum absolute atomic E-state index is 13.7. The average molecular weight is 256 g/mol. The predicted octanol–water partition coefficient (Wildman–Crippen LogP) is 3.78. The van der Waals surface area contributed by atoms with Gasteiger partial charge in [-0.2, -0.15) is 11.3 Å². The van der Waals surface area contributed by atoms with Crippen molar-refractivity contribution in [3.8, 4) is 0 Å². The van der Waals surface area contributed by atoms with Gasteiger partial charge in [-0.15, -0.1) is 0 Å². The topological polar surface area (TPSA) is 26.0 Å². The van der Waals surface area contributed by atoms with Crippen molar-refractivity contribution >= 4 is 22.9 Å². The van der Waals surface area contributed by atoms with Gasteiger partial charge in [0.1, 0.15) is 5.82 Å². The Labute approximate surface area is 103 Å². The van der Waals surface area contributed by atoms with E-state index in [2.05, 4.69) is 0 Å². The number of benzene rings is 1. The van der Waals surface area contributed by atoms with E-state index in [0.717, 1.165) is 5.56 Å². The molecular weight excluding hydrogens is 245 g/mol. The summed E-state index contributed by atoms with van der Waals surface area (Å²) in [4.78, 5) is 0. The molecule has 2 rings (SSSR count). The third kappa shape index (κ3) is 2.43. The van der Waals surface area contributed by atoms with Crippen LogP contribution in [0.1, 0.15) is 17.2 Å². The summed E-state index contributed by atoms with van der Waals surface area (Å²) >= 11 is 7.32. The first-order valence-electron chi connectivity index (χ1n) is 4.89. The van der Waals surface area contributed by atoms with Gasteiger partial charge in [-0.05, 0) is 34.9 Å². The SMILES string of the molecule is NC(Cc1ccsc1)c1cccc(Cl)c1F. The third-order valence-electron chi connectivity index (χ3n) is 2.42. The van der Waals surface area contributed by atoms with E-state index in [-0.39, 0.29) is 11.1 Å². The van der Waals surface area contributed by atoms with Crippen LogP contribution in [0.25, 0.3) is 0 Å². The Balaban J connectivity index is 2.21. The Morgan fingerprint density at radius 1 is 1.38 bits per heavy atom. The van der Waals surface area contributed by atoms with Crippen molar-refractivity contribution in [3.05, 3.63) is 57.0 Å². The summed E-state index contributed by atoms with van der Waals surface area (Å²) in [5, 5.41) is 4.12. The Kier molecular flexibility index (Phi) is 3.59. The zero-order valence-corrected chi connectivity index (χ0v) is 10.1. The molecule has 0 fully saturated rings. The van der Waals surface area contributed by atoms with Gasteiger partial charge in [-0.3, -0.25) is 0 Å². The third-order valence-corrected chi connectivity index (χ3v) is 3.44. The van der Waals surface area contributed by atoms with Crippen molar-refractivity contribution in [2.24, 2.45) is 5.73 Å². The lowest BCUT2D eigenvalue weighted by atomic mass is 10.0. The van der Waals surface area contributed by atoms with Crippen LogP contribution in [0.15, 0.2) is 35.0 Å². The Morgan fingerprint density at radius 2 is 2.19 bits per heavy atom. The van der Waals surface area contributed by atoms with Crippen LogP contribution in [0.2, 0.25) is 5.02 Å². The lowest BCUT2D eigenvalue weighted by molar-refractivity contribution is 0.581. The zero-order chi connectivity index (χ0) is 11.5. The molecule has 1 unspecified atom stereocenters. The highest BCUT2D eigenvalue weighted by atomic mass is 35.5. The van der Waals surface area contributed by atoms with Crippen LogP contribution >= 0.6 is 22.9 Å². The normalized spacial score (nSPS) is 12.7. The second-order valence-electron chi connectivity index (χ2n) is 3.59. The predicted molar refractivity (Wildman–Crippen MR) is 66.4 cm³/mol. The number of halogens is 2. The van der Waals surface area contributed by atoms with Crippen LogP contribution in [-0.2, 0) is 6.42 Å². The number of hydrogen-bond acceptors (Lipinski definition) is 2. The molecule has 0 aliphatic rings. The van der Waals surface area contributed by atoms with Crippen molar-refractivity contribution in [3.63, 3.8) is 0 Å². The summed E-state index contributed by atoms with van der Waals surface area (Å²) in [5.41, 5.74) is 7.56. The minimum absolute atomic E-state index is 0.123. The summed E-state index contributed by atoms with van der Waals surface area (Å²) < 4.78 is 13.7. The van der Waals surface area contributed by atoms with Crippen LogP contribution < -0.4 is 5.73 Å². The molecule has 84 valence electrons. The average Bonchev–Trinajstić information content (AvgIpc) is 2.74. The summed E-state index contributed by atoms with van der Waals surface area (Å²) in [7, 11) is 0. The van der Waals surface area contributed by atoms with E-state index in [9.17, 15) is 4.39 Å². The van der Waals surface area contributed by atoms with Gasteiger partial charge in [0.2, 0.25) is 0 Å². The summed E-state index contributed by atoms with van der Waals surface area (Å²) in [6, 6.07) is 6.56. The molecule has 1 nitrogen and oxygen atoms in total. The molecule has 16 heavy (non-hydrogen) atoms. The first-order chi connectivity index (χ1) is 7.68. The summed E-state index contributed by atoms with van der Waals surface area (Å²) in [6.07, 6.45) is 0.626. The molecular formula is C12H11ClFNS. The van der Waals surface area contributed by atoms with Crippen LogP contribution in [-0.4, -0.2) is 0 Å². The molecule has 0 saturated carbocycles. The smallest absolute Gasteiger partial charge is 0.146 e. The molecule has 1 aromatic heterocycles. The monoisotopic (exact) mass is 255 g/mol. The molecule has 0 spiro atoms. The van der Waals surface area contributed by atoms with E-state index in [1.807, 2.05) is 16.8 Å². The zero-order valence-electron chi connectivity index (χ0n) is 8.49. The van der Waals surface area contributed by atoms with Gasteiger partial charge in [-0.1, -0.05) is 23.7 Å². The van der Waals surface area contributed by atoms with Gasteiger partial charge < -0.3 is 5.73 Å². The molecule has 0 amide bonds. The molecule has 0 radical (unpaired) electrons. The number of hydrogen-bond donors (Lipinski definition) is 1. The lowest BCUT2D eigenvalue weighted by Crippen LogP contribution is -2.14. The molecule has 2 aromatic rings. The number of rotatable bonds is 3. The van der Waals surface area contributed by atoms with Crippen molar-refractivity contribution in [2.75, 3.05) is 0 Å². The Hall–Kier alpha value is -0.900. The Bertz CT molecular complexity index is 470. The number of nitrogens with two attached hydrogens (primary N) is 1. The highest BCUT2D eigenvalue weighted by molar-refractivity contribution is 7.07. The van der Waals surface area contributed by atoms with Gasteiger partial charge >= 0.3 is 0 Å².